The van der Waals surface area contributed by atoms with Crippen LogP contribution in [0.3, 0.4) is 0 Å². The molecule has 0 aliphatic heterocycles. The Bertz CT molecular complexity index is 684. The summed E-state index contributed by atoms with van der Waals surface area (Å²) in [7, 11) is 0. The third-order valence-corrected chi connectivity index (χ3v) is 2.81. The lowest BCUT2D eigenvalue weighted by atomic mass is 10.2. The molecule has 0 saturated heterocycles. The van der Waals surface area contributed by atoms with Crippen LogP contribution in [-0.4, -0.2) is 5.91 Å². The Morgan fingerprint density at radius 2 is 1.95 bits per heavy atom. The number of nitriles is 1. The van der Waals surface area contributed by atoms with Crippen molar-refractivity contribution in [2.24, 2.45) is 0 Å². The molecule has 0 atom stereocenters. The number of nitrogens with one attached hydrogen (secondary N) is 1. The fourth-order valence-corrected chi connectivity index (χ4v) is 1.72. The topological polar surface area (TPSA) is 52.9 Å². The Morgan fingerprint density at radius 3 is 2.65 bits per heavy atom. The molecule has 2 rings (SSSR count). The fraction of sp³-hybridized carbons (Fsp3) is 0. The first-order valence-electron chi connectivity index (χ1n) is 5.92. The highest BCUT2D eigenvalue weighted by atomic mass is 35.5. The molecule has 0 bridgehead atoms. The van der Waals surface area contributed by atoms with E-state index in [1.165, 1.54) is 6.08 Å². The molecule has 0 unspecified atom stereocenters. The average Bonchev–Trinajstić information content (AvgIpc) is 2.47. The molecule has 1 N–H and O–H groups in total. The van der Waals surface area contributed by atoms with Crippen molar-refractivity contribution in [3.8, 4) is 6.07 Å². The number of hydrogen-bond acceptors (Lipinski definition) is 2. The SMILES string of the molecule is N#Cc1cccc(NC(=O)C=Cc2ccc(Cl)cc2)c1. The zero-order valence-electron chi connectivity index (χ0n) is 10.5. The van der Waals surface area contributed by atoms with E-state index in [9.17, 15) is 4.79 Å². The van der Waals surface area contributed by atoms with Gasteiger partial charge in [-0.2, -0.15) is 5.26 Å². The van der Waals surface area contributed by atoms with Gasteiger partial charge in [0.2, 0.25) is 5.91 Å². The van der Waals surface area contributed by atoms with Crippen molar-refractivity contribution in [1.29, 1.82) is 5.26 Å². The average molecular weight is 283 g/mol. The lowest BCUT2D eigenvalue weighted by Gasteiger charge is -2.01. The fourth-order valence-electron chi connectivity index (χ4n) is 1.60. The van der Waals surface area contributed by atoms with E-state index in [-0.39, 0.29) is 5.91 Å². The normalized spacial score (nSPS) is 10.2. The molecule has 0 aromatic heterocycles. The van der Waals surface area contributed by atoms with Gasteiger partial charge in [-0.1, -0.05) is 29.8 Å². The van der Waals surface area contributed by atoms with Crippen LogP contribution in [0, 0.1) is 11.3 Å². The van der Waals surface area contributed by atoms with Gasteiger partial charge in [0.1, 0.15) is 0 Å². The minimum Gasteiger partial charge on any atom is -0.322 e. The maximum absolute atomic E-state index is 11.7. The van der Waals surface area contributed by atoms with Crippen LogP contribution in [0.4, 0.5) is 5.69 Å². The summed E-state index contributed by atoms with van der Waals surface area (Å²) >= 11 is 5.78. The van der Waals surface area contributed by atoms with Gasteiger partial charge in [0.15, 0.2) is 0 Å². The molecule has 20 heavy (non-hydrogen) atoms. The van der Waals surface area contributed by atoms with Gasteiger partial charge >= 0.3 is 0 Å². The van der Waals surface area contributed by atoms with Crippen LogP contribution in [0.2, 0.25) is 5.02 Å². The summed E-state index contributed by atoms with van der Waals surface area (Å²) < 4.78 is 0. The van der Waals surface area contributed by atoms with Crippen LogP contribution in [0.25, 0.3) is 6.08 Å². The molecule has 4 heteroatoms. The summed E-state index contributed by atoms with van der Waals surface area (Å²) in [6, 6.07) is 15.9. The van der Waals surface area contributed by atoms with Crippen molar-refractivity contribution >= 4 is 29.3 Å². The molecule has 0 saturated carbocycles. The third-order valence-electron chi connectivity index (χ3n) is 2.56. The quantitative estimate of drug-likeness (QED) is 0.869. The van der Waals surface area contributed by atoms with E-state index in [0.717, 1.165) is 5.56 Å². The van der Waals surface area contributed by atoms with E-state index in [4.69, 9.17) is 16.9 Å². The van der Waals surface area contributed by atoms with Gasteiger partial charge in [-0.25, -0.2) is 0 Å². The lowest BCUT2D eigenvalue weighted by molar-refractivity contribution is -0.111. The Hall–Kier alpha value is -2.57. The van der Waals surface area contributed by atoms with Gasteiger partial charge in [-0.05, 0) is 42.0 Å². The summed E-state index contributed by atoms with van der Waals surface area (Å²) in [4.78, 5) is 11.7. The van der Waals surface area contributed by atoms with Crippen molar-refractivity contribution < 1.29 is 4.79 Å². The van der Waals surface area contributed by atoms with Crippen molar-refractivity contribution in [3.05, 3.63) is 70.8 Å². The summed E-state index contributed by atoms with van der Waals surface area (Å²) in [6.07, 6.45) is 3.13. The van der Waals surface area contributed by atoms with Crippen LogP contribution < -0.4 is 5.32 Å². The molecular formula is C16H11ClN2O. The number of carbonyl (C=O) groups is 1. The molecule has 1 amide bonds. The molecule has 2 aromatic rings. The van der Waals surface area contributed by atoms with Gasteiger partial charge in [0.25, 0.3) is 0 Å². The Labute approximate surface area is 122 Å². The van der Waals surface area contributed by atoms with Crippen LogP contribution in [0.1, 0.15) is 11.1 Å². The number of carbonyl (C=O) groups excluding carboxylic acids is 1. The smallest absolute Gasteiger partial charge is 0.248 e. The third kappa shape index (κ3) is 3.98. The number of amides is 1. The molecule has 0 spiro atoms. The molecule has 0 aliphatic carbocycles. The number of anilines is 1. The van der Waals surface area contributed by atoms with E-state index < -0.39 is 0 Å². The molecule has 98 valence electrons. The first-order valence-corrected chi connectivity index (χ1v) is 6.30. The van der Waals surface area contributed by atoms with E-state index in [2.05, 4.69) is 5.32 Å². The maximum atomic E-state index is 11.7. The highest BCUT2D eigenvalue weighted by Crippen LogP contribution is 2.12. The molecule has 3 nitrogen and oxygen atoms in total. The largest absolute Gasteiger partial charge is 0.322 e. The molecule has 0 fully saturated rings. The predicted molar refractivity (Wildman–Crippen MR) is 80.3 cm³/mol. The van der Waals surface area contributed by atoms with Crippen LogP contribution in [0.15, 0.2) is 54.6 Å². The number of hydrogen-bond donors (Lipinski definition) is 1. The molecular weight excluding hydrogens is 272 g/mol. The zero-order chi connectivity index (χ0) is 14.4. The molecule has 2 aromatic carbocycles. The second kappa shape index (κ2) is 6.55. The molecule has 0 aliphatic rings. The van der Waals surface area contributed by atoms with Crippen LogP contribution in [-0.2, 0) is 4.79 Å². The highest BCUT2D eigenvalue weighted by molar-refractivity contribution is 6.30. The minimum absolute atomic E-state index is 0.255. The molecule has 0 heterocycles. The van der Waals surface area contributed by atoms with E-state index >= 15 is 0 Å². The predicted octanol–water partition coefficient (Wildman–Crippen LogP) is 3.86. The maximum Gasteiger partial charge on any atom is 0.248 e. The number of rotatable bonds is 3. The second-order valence-electron chi connectivity index (χ2n) is 4.07. The Morgan fingerprint density at radius 1 is 1.20 bits per heavy atom. The number of halogens is 1. The Kier molecular flexibility index (Phi) is 4.54. The van der Waals surface area contributed by atoms with Crippen molar-refractivity contribution in [1.82, 2.24) is 0 Å². The van der Waals surface area contributed by atoms with Crippen molar-refractivity contribution in [2.45, 2.75) is 0 Å². The van der Waals surface area contributed by atoms with Gasteiger partial charge in [-0.15, -0.1) is 0 Å². The van der Waals surface area contributed by atoms with Gasteiger partial charge in [0, 0.05) is 16.8 Å². The van der Waals surface area contributed by atoms with E-state index in [0.29, 0.717) is 16.3 Å². The first-order chi connectivity index (χ1) is 9.67. The van der Waals surface area contributed by atoms with E-state index in [1.807, 2.05) is 18.2 Å². The summed E-state index contributed by atoms with van der Waals surface area (Å²) in [5.74, 6) is -0.255. The van der Waals surface area contributed by atoms with E-state index in [1.54, 1.807) is 42.5 Å². The van der Waals surface area contributed by atoms with Crippen LogP contribution in [0.5, 0.6) is 0 Å². The zero-order valence-corrected chi connectivity index (χ0v) is 11.3. The minimum atomic E-state index is -0.255. The standard InChI is InChI=1S/C16H11ClN2O/c17-14-7-4-12(5-8-14)6-9-16(20)19-15-3-1-2-13(10-15)11-18/h1-10H,(H,19,20). The monoisotopic (exact) mass is 282 g/mol. The summed E-state index contributed by atoms with van der Waals surface area (Å²) in [5.41, 5.74) is 1.98. The van der Waals surface area contributed by atoms with Gasteiger partial charge < -0.3 is 5.32 Å². The van der Waals surface area contributed by atoms with Crippen molar-refractivity contribution in [3.63, 3.8) is 0 Å². The van der Waals surface area contributed by atoms with Crippen LogP contribution >= 0.6 is 11.6 Å². The number of nitrogens with zero attached hydrogens (tertiary/aromatic N) is 1. The number of benzene rings is 2. The van der Waals surface area contributed by atoms with Gasteiger partial charge in [-0.3, -0.25) is 4.79 Å². The summed E-state index contributed by atoms with van der Waals surface area (Å²) in [5, 5.41) is 12.1. The van der Waals surface area contributed by atoms with Gasteiger partial charge in [0.05, 0.1) is 11.6 Å². The second-order valence-corrected chi connectivity index (χ2v) is 4.50. The molecule has 0 radical (unpaired) electrons. The lowest BCUT2D eigenvalue weighted by Crippen LogP contribution is -2.07. The van der Waals surface area contributed by atoms with Crippen molar-refractivity contribution in [2.75, 3.05) is 5.32 Å². The highest BCUT2D eigenvalue weighted by Gasteiger charge is 1.99. The Balaban J connectivity index is 2.02. The summed E-state index contributed by atoms with van der Waals surface area (Å²) in [6.45, 7) is 0. The first kappa shape index (κ1) is 13.9.